The summed E-state index contributed by atoms with van der Waals surface area (Å²) in [5.41, 5.74) is 3.83. The van der Waals surface area contributed by atoms with E-state index in [2.05, 4.69) is 4.98 Å². The third-order valence-electron chi connectivity index (χ3n) is 3.69. The Labute approximate surface area is 143 Å². The summed E-state index contributed by atoms with van der Waals surface area (Å²) in [6, 6.07) is 20.4. The first kappa shape index (κ1) is 14.7. The second kappa shape index (κ2) is 6.34. The van der Waals surface area contributed by atoms with E-state index < -0.39 is 0 Å². The summed E-state index contributed by atoms with van der Waals surface area (Å²) in [7, 11) is 0. The molecule has 0 amide bonds. The number of aromatic nitrogens is 2. The lowest BCUT2D eigenvalue weighted by molar-refractivity contribution is 0.628. The molecule has 24 heavy (non-hydrogen) atoms. The molecule has 4 heteroatoms. The van der Waals surface area contributed by atoms with Gasteiger partial charge in [0, 0.05) is 29.1 Å². The monoisotopic (exact) mass is 332 g/mol. The summed E-state index contributed by atoms with van der Waals surface area (Å²) in [4.78, 5) is 10.1. The number of pyridine rings is 1. The van der Waals surface area contributed by atoms with E-state index in [1.807, 2.05) is 48.7 Å². The molecule has 0 saturated carbocycles. The number of rotatable bonds is 3. The fraction of sp³-hybridized carbons (Fsp3) is 0. The highest BCUT2D eigenvalue weighted by molar-refractivity contribution is 7.19. The van der Waals surface area contributed by atoms with Crippen molar-refractivity contribution < 1.29 is 4.39 Å². The van der Waals surface area contributed by atoms with Crippen LogP contribution in [-0.2, 0) is 0 Å². The summed E-state index contributed by atoms with van der Waals surface area (Å²) < 4.78 is 13.3. The van der Waals surface area contributed by atoms with E-state index in [-0.39, 0.29) is 5.82 Å². The minimum absolute atomic E-state index is 0.250. The molecule has 0 N–H and O–H groups in total. The topological polar surface area (TPSA) is 25.8 Å². The number of thiazole rings is 1. The van der Waals surface area contributed by atoms with E-state index in [1.54, 1.807) is 29.7 Å². The Balaban J connectivity index is 1.90. The molecule has 116 valence electrons. The molecule has 2 aromatic carbocycles. The molecule has 4 rings (SSSR count). The van der Waals surface area contributed by atoms with Crippen LogP contribution in [0.5, 0.6) is 0 Å². The van der Waals surface area contributed by atoms with Crippen LogP contribution < -0.4 is 0 Å². The van der Waals surface area contributed by atoms with Gasteiger partial charge in [-0.05, 0) is 30.3 Å². The summed E-state index contributed by atoms with van der Waals surface area (Å²) in [6.45, 7) is 0. The van der Waals surface area contributed by atoms with Crippen molar-refractivity contribution in [2.75, 3.05) is 0 Å². The lowest BCUT2D eigenvalue weighted by Gasteiger charge is -2.02. The van der Waals surface area contributed by atoms with E-state index in [0.717, 1.165) is 32.3 Å². The van der Waals surface area contributed by atoms with Crippen LogP contribution in [0, 0.1) is 5.82 Å². The van der Waals surface area contributed by atoms with Gasteiger partial charge in [-0.1, -0.05) is 36.4 Å². The van der Waals surface area contributed by atoms with E-state index in [1.165, 1.54) is 12.1 Å². The Morgan fingerprint density at radius 2 is 1.50 bits per heavy atom. The minimum Gasteiger partial charge on any atom is -0.264 e. The van der Waals surface area contributed by atoms with E-state index >= 15 is 0 Å². The number of nitrogens with zero attached hydrogens (tertiary/aromatic N) is 2. The van der Waals surface area contributed by atoms with E-state index in [0.29, 0.717) is 0 Å². The number of halogens is 1. The highest BCUT2D eigenvalue weighted by Crippen LogP contribution is 2.40. The average Bonchev–Trinajstić information content (AvgIpc) is 3.09. The Hall–Kier alpha value is -2.85. The van der Waals surface area contributed by atoms with Crippen LogP contribution >= 0.6 is 11.3 Å². The van der Waals surface area contributed by atoms with Crippen LogP contribution in [0.3, 0.4) is 0 Å². The molecule has 0 saturated heterocycles. The number of benzene rings is 2. The second-order valence-electron chi connectivity index (χ2n) is 5.31. The van der Waals surface area contributed by atoms with Crippen molar-refractivity contribution >= 4 is 11.3 Å². The van der Waals surface area contributed by atoms with Gasteiger partial charge in [-0.2, -0.15) is 0 Å². The molecule has 0 aliphatic heterocycles. The van der Waals surface area contributed by atoms with Crippen LogP contribution in [0.25, 0.3) is 32.3 Å². The van der Waals surface area contributed by atoms with Crippen molar-refractivity contribution in [3.8, 4) is 32.3 Å². The maximum absolute atomic E-state index is 13.3. The van der Waals surface area contributed by atoms with Crippen molar-refractivity contribution in [2.24, 2.45) is 0 Å². The largest absolute Gasteiger partial charge is 0.264 e. The zero-order valence-corrected chi connectivity index (χ0v) is 13.5. The summed E-state index contributed by atoms with van der Waals surface area (Å²) in [6.07, 6.45) is 3.58. The molecule has 2 heterocycles. The first-order valence-corrected chi connectivity index (χ1v) is 8.35. The lowest BCUT2D eigenvalue weighted by atomic mass is 10.1. The van der Waals surface area contributed by atoms with Gasteiger partial charge in [0.15, 0.2) is 0 Å². The fourth-order valence-corrected chi connectivity index (χ4v) is 3.60. The highest BCUT2D eigenvalue weighted by Gasteiger charge is 2.16. The molecule has 0 fully saturated rings. The number of hydrogen-bond donors (Lipinski definition) is 0. The smallest absolute Gasteiger partial charge is 0.124 e. The molecule has 0 bridgehead atoms. The summed E-state index contributed by atoms with van der Waals surface area (Å²) >= 11 is 1.62. The minimum atomic E-state index is -0.250. The predicted octanol–water partition coefficient (Wildman–Crippen LogP) is 5.68. The molecule has 0 spiro atoms. The SMILES string of the molecule is Fc1ccc(-c2nc(-c3ccccc3)sc2-c2cccnc2)cc1. The Kier molecular flexibility index (Phi) is 3.89. The van der Waals surface area contributed by atoms with Gasteiger partial charge in [-0.3, -0.25) is 4.98 Å². The Morgan fingerprint density at radius 3 is 2.21 bits per heavy atom. The molecule has 2 aromatic heterocycles. The van der Waals surface area contributed by atoms with Crippen LogP contribution in [-0.4, -0.2) is 9.97 Å². The van der Waals surface area contributed by atoms with Crippen LogP contribution in [0.15, 0.2) is 79.1 Å². The molecule has 0 unspecified atom stereocenters. The van der Waals surface area contributed by atoms with Crippen molar-refractivity contribution in [1.29, 1.82) is 0 Å². The second-order valence-corrected chi connectivity index (χ2v) is 6.31. The molecular formula is C20H13FN2S. The fourth-order valence-electron chi connectivity index (χ4n) is 2.52. The molecular weight excluding hydrogens is 319 g/mol. The van der Waals surface area contributed by atoms with Gasteiger partial charge < -0.3 is 0 Å². The maximum atomic E-state index is 13.3. The van der Waals surface area contributed by atoms with Crippen molar-refractivity contribution in [3.05, 3.63) is 84.9 Å². The first-order valence-electron chi connectivity index (χ1n) is 7.54. The quantitative estimate of drug-likeness (QED) is 0.482. The molecule has 0 atom stereocenters. The van der Waals surface area contributed by atoms with Gasteiger partial charge in [0.25, 0.3) is 0 Å². The summed E-state index contributed by atoms with van der Waals surface area (Å²) in [5, 5.41) is 0.939. The van der Waals surface area contributed by atoms with Gasteiger partial charge in [-0.25, -0.2) is 9.37 Å². The zero-order valence-electron chi connectivity index (χ0n) is 12.7. The summed E-state index contributed by atoms with van der Waals surface area (Å²) in [5.74, 6) is -0.250. The van der Waals surface area contributed by atoms with Gasteiger partial charge in [0.05, 0.1) is 10.6 Å². The van der Waals surface area contributed by atoms with Gasteiger partial charge >= 0.3 is 0 Å². The third-order valence-corrected chi connectivity index (χ3v) is 4.84. The van der Waals surface area contributed by atoms with Crippen molar-refractivity contribution in [3.63, 3.8) is 0 Å². The van der Waals surface area contributed by atoms with Crippen LogP contribution in [0.2, 0.25) is 0 Å². The van der Waals surface area contributed by atoms with Crippen LogP contribution in [0.1, 0.15) is 0 Å². The zero-order chi connectivity index (χ0) is 16.4. The van der Waals surface area contributed by atoms with Gasteiger partial charge in [-0.15, -0.1) is 11.3 Å². The predicted molar refractivity (Wildman–Crippen MR) is 96.2 cm³/mol. The first-order chi connectivity index (χ1) is 11.8. The van der Waals surface area contributed by atoms with E-state index in [9.17, 15) is 4.39 Å². The normalized spacial score (nSPS) is 10.7. The van der Waals surface area contributed by atoms with E-state index in [4.69, 9.17) is 4.98 Å². The van der Waals surface area contributed by atoms with Gasteiger partial charge in [0.2, 0.25) is 0 Å². The van der Waals surface area contributed by atoms with Crippen LogP contribution in [0.4, 0.5) is 4.39 Å². The maximum Gasteiger partial charge on any atom is 0.124 e. The standard InChI is InChI=1S/C20H13FN2S/c21-17-10-8-14(9-11-17)18-19(16-7-4-12-22-13-16)24-20(23-18)15-5-2-1-3-6-15/h1-13H. The number of hydrogen-bond acceptors (Lipinski definition) is 3. The Bertz CT molecular complexity index is 948. The van der Waals surface area contributed by atoms with Gasteiger partial charge in [0.1, 0.15) is 10.8 Å². The highest BCUT2D eigenvalue weighted by atomic mass is 32.1. The third kappa shape index (κ3) is 2.84. The molecule has 0 radical (unpaired) electrons. The molecule has 0 aliphatic carbocycles. The lowest BCUT2D eigenvalue weighted by Crippen LogP contribution is -1.84. The molecule has 2 nitrogen and oxygen atoms in total. The average molecular weight is 332 g/mol. The Morgan fingerprint density at radius 1 is 0.750 bits per heavy atom. The molecule has 4 aromatic rings. The van der Waals surface area contributed by atoms with Crippen molar-refractivity contribution in [2.45, 2.75) is 0 Å². The van der Waals surface area contributed by atoms with Crippen molar-refractivity contribution in [1.82, 2.24) is 9.97 Å². The molecule has 0 aliphatic rings.